The zero-order chi connectivity index (χ0) is 14.8. The predicted octanol–water partition coefficient (Wildman–Crippen LogP) is -0.215. The molecule has 1 heterocycles. The van der Waals surface area contributed by atoms with Crippen LogP contribution >= 0.6 is 0 Å². The molecule has 2 amide bonds. The number of carbonyl (C=O) groups excluding carboxylic acids is 4. The second-order valence-electron chi connectivity index (χ2n) is 3.44. The molecule has 0 aromatic rings. The summed E-state index contributed by atoms with van der Waals surface area (Å²) < 4.78 is 8.41. The molecule has 0 saturated carbocycles. The van der Waals surface area contributed by atoms with Crippen LogP contribution < -0.4 is 0 Å². The van der Waals surface area contributed by atoms with Gasteiger partial charge in [-0.1, -0.05) is 0 Å². The fraction of sp³-hybridized carbons (Fsp3) is 0.455. The second-order valence-corrected chi connectivity index (χ2v) is 3.44. The number of amides is 2. The molecule has 0 spiro atoms. The van der Waals surface area contributed by atoms with Gasteiger partial charge in [0, 0.05) is 12.8 Å². The average Bonchev–Trinajstić information content (AvgIpc) is 2.62. The van der Waals surface area contributed by atoms with Crippen LogP contribution in [0.25, 0.3) is 0 Å². The van der Waals surface area contributed by atoms with Crippen LogP contribution in [0.5, 0.6) is 0 Å². The molecule has 1 aliphatic rings. The summed E-state index contributed by atoms with van der Waals surface area (Å²) in [5.41, 5.74) is 0. The molecule has 0 aromatic carbocycles. The number of ketones is 1. The van der Waals surface area contributed by atoms with Gasteiger partial charge in [-0.25, -0.2) is 19.0 Å². The van der Waals surface area contributed by atoms with Gasteiger partial charge in [0.05, 0.1) is 6.61 Å². The summed E-state index contributed by atoms with van der Waals surface area (Å²) in [5.74, 6) is -1.84. The molecular formula is C11H15NO7-2. The minimum atomic E-state index is -0.821. The smallest absolute Gasteiger partial charge is 0.355 e. The number of Topliss-reactive ketones (excluding diaryl/α,β-unsaturated/α-hetero) is 1. The Kier molecular flexibility index (Phi) is 8.30. The highest BCUT2D eigenvalue weighted by atomic mass is 16.7. The van der Waals surface area contributed by atoms with Crippen molar-refractivity contribution in [2.75, 3.05) is 13.2 Å². The van der Waals surface area contributed by atoms with Crippen LogP contribution in [0, 0.1) is 14.2 Å². The number of rotatable bonds is 5. The maximum Gasteiger partial charge on any atom is 0.355 e. The van der Waals surface area contributed by atoms with Crippen molar-refractivity contribution in [2.24, 2.45) is 0 Å². The van der Waals surface area contributed by atoms with Crippen LogP contribution in [-0.2, 0) is 33.5 Å². The van der Waals surface area contributed by atoms with Crippen molar-refractivity contribution in [1.29, 1.82) is 0 Å². The molecule has 8 heteroatoms. The van der Waals surface area contributed by atoms with Crippen molar-refractivity contribution in [3.8, 4) is 0 Å². The van der Waals surface area contributed by atoms with E-state index < -0.39 is 24.4 Å². The van der Waals surface area contributed by atoms with Crippen LogP contribution in [0.15, 0.2) is 0 Å². The van der Waals surface area contributed by atoms with Crippen molar-refractivity contribution >= 4 is 23.6 Å². The van der Waals surface area contributed by atoms with Gasteiger partial charge in [-0.05, 0) is 6.92 Å². The highest BCUT2D eigenvalue weighted by Gasteiger charge is 2.32. The third-order valence-electron chi connectivity index (χ3n) is 1.72. The maximum atomic E-state index is 10.9. The van der Waals surface area contributed by atoms with Crippen molar-refractivity contribution in [3.05, 3.63) is 14.2 Å². The van der Waals surface area contributed by atoms with E-state index in [0.717, 1.165) is 0 Å². The molecule has 0 radical (unpaired) electrons. The molecule has 0 aliphatic carbocycles. The minimum absolute atomic E-state index is 0.00463. The number of nitrogens with zero attached hydrogens (tertiary/aromatic N) is 1. The van der Waals surface area contributed by atoms with Gasteiger partial charge in [-0.3, -0.25) is 14.4 Å². The summed E-state index contributed by atoms with van der Waals surface area (Å²) in [5, 5.41) is 0.460. The van der Waals surface area contributed by atoms with E-state index in [0.29, 0.717) is 5.06 Å². The Morgan fingerprint density at radius 2 is 1.58 bits per heavy atom. The normalized spacial score (nSPS) is 13.9. The lowest BCUT2D eigenvalue weighted by Crippen LogP contribution is -2.33. The lowest BCUT2D eigenvalue weighted by molar-refractivity contribution is -0.199. The van der Waals surface area contributed by atoms with Gasteiger partial charge < -0.3 is 14.3 Å². The van der Waals surface area contributed by atoms with Crippen LogP contribution in [-0.4, -0.2) is 41.8 Å². The Morgan fingerprint density at radius 3 is 1.89 bits per heavy atom. The SMILES string of the molecule is [CH2-]OCC(=O)ON1C(=O)CCC1=O.[CH2-]OCC(C)=O. The fourth-order valence-electron chi connectivity index (χ4n) is 1.01. The number of imide groups is 1. The first-order valence-electron chi connectivity index (χ1n) is 5.22. The molecule has 1 fully saturated rings. The van der Waals surface area contributed by atoms with Gasteiger partial charge >= 0.3 is 5.97 Å². The molecule has 8 nitrogen and oxygen atoms in total. The summed E-state index contributed by atoms with van der Waals surface area (Å²) in [6.07, 6.45) is 0.161. The molecule has 0 aromatic heterocycles. The molecular weight excluding hydrogens is 258 g/mol. The van der Waals surface area contributed by atoms with E-state index in [1.165, 1.54) is 6.92 Å². The van der Waals surface area contributed by atoms with Crippen molar-refractivity contribution in [3.63, 3.8) is 0 Å². The van der Waals surface area contributed by atoms with Crippen LogP contribution in [0.4, 0.5) is 0 Å². The van der Waals surface area contributed by atoms with Gasteiger partial charge in [-0.15, -0.1) is 5.06 Å². The van der Waals surface area contributed by atoms with Gasteiger partial charge in [-0.2, -0.15) is 0 Å². The Bertz CT molecular complexity index is 337. The Balaban J connectivity index is 0.000000459. The highest BCUT2D eigenvalue weighted by Crippen LogP contribution is 2.11. The fourth-order valence-corrected chi connectivity index (χ4v) is 1.01. The standard InChI is InChI=1S/C7H8NO5.C4H7O2/c1-12-4-7(11)13-8-5(9)2-3-6(8)10;1-4(5)3-6-2/h1-4H2;2-3H2,1H3/q2*-1. The minimum Gasteiger partial charge on any atom is -0.550 e. The van der Waals surface area contributed by atoms with Gasteiger partial charge in [0.15, 0.2) is 5.78 Å². The first-order valence-corrected chi connectivity index (χ1v) is 5.22. The summed E-state index contributed by atoms with van der Waals surface area (Å²) in [6, 6.07) is 0. The maximum absolute atomic E-state index is 10.9. The molecule has 1 rings (SSSR count). The number of hydroxylamine groups is 2. The average molecular weight is 273 g/mol. The lowest BCUT2D eigenvalue weighted by atomic mass is 10.4. The zero-order valence-corrected chi connectivity index (χ0v) is 10.5. The van der Waals surface area contributed by atoms with Crippen molar-refractivity contribution in [2.45, 2.75) is 19.8 Å². The number of hydrogen-bond donors (Lipinski definition) is 0. The summed E-state index contributed by atoms with van der Waals surface area (Å²) >= 11 is 0. The molecule has 1 saturated heterocycles. The highest BCUT2D eigenvalue weighted by molar-refractivity contribution is 6.01. The first-order chi connectivity index (χ1) is 8.92. The van der Waals surface area contributed by atoms with E-state index in [9.17, 15) is 19.2 Å². The third kappa shape index (κ3) is 7.27. The van der Waals surface area contributed by atoms with Crippen LogP contribution in [0.2, 0.25) is 0 Å². The van der Waals surface area contributed by atoms with Gasteiger partial charge in [0.1, 0.15) is 6.61 Å². The van der Waals surface area contributed by atoms with E-state index in [2.05, 4.69) is 28.5 Å². The molecule has 0 bridgehead atoms. The first kappa shape index (κ1) is 17.2. The molecule has 0 unspecified atom stereocenters. The number of hydrogen-bond acceptors (Lipinski definition) is 7. The molecule has 1 aliphatic heterocycles. The van der Waals surface area contributed by atoms with Crippen LogP contribution in [0.3, 0.4) is 0 Å². The zero-order valence-electron chi connectivity index (χ0n) is 10.5. The molecule has 19 heavy (non-hydrogen) atoms. The predicted molar refractivity (Wildman–Crippen MR) is 60.5 cm³/mol. The molecule has 0 atom stereocenters. The second kappa shape index (κ2) is 9.17. The van der Waals surface area contributed by atoms with Crippen molar-refractivity contribution < 1.29 is 33.5 Å². The molecule has 0 N–H and O–H groups in total. The van der Waals surface area contributed by atoms with Crippen LogP contribution in [0.1, 0.15) is 19.8 Å². The van der Waals surface area contributed by atoms with E-state index in [-0.39, 0.29) is 25.2 Å². The summed E-state index contributed by atoms with van der Waals surface area (Å²) in [6.45, 7) is 1.18. The Hall–Kier alpha value is -1.80. The summed E-state index contributed by atoms with van der Waals surface area (Å²) in [7, 11) is 5.95. The van der Waals surface area contributed by atoms with E-state index >= 15 is 0 Å². The number of carbonyl (C=O) groups is 4. The Morgan fingerprint density at radius 1 is 1.11 bits per heavy atom. The largest absolute Gasteiger partial charge is 0.550 e. The van der Waals surface area contributed by atoms with Gasteiger partial charge in [0.2, 0.25) is 0 Å². The topological polar surface area (TPSA) is 99.2 Å². The monoisotopic (exact) mass is 273 g/mol. The van der Waals surface area contributed by atoms with E-state index in [4.69, 9.17) is 0 Å². The summed E-state index contributed by atoms with van der Waals surface area (Å²) in [4.78, 5) is 46.8. The lowest BCUT2D eigenvalue weighted by Gasteiger charge is -2.12. The quantitative estimate of drug-likeness (QED) is 0.504. The van der Waals surface area contributed by atoms with Gasteiger partial charge in [0.25, 0.3) is 11.8 Å². The molecule has 108 valence electrons. The third-order valence-corrected chi connectivity index (χ3v) is 1.72. The van der Waals surface area contributed by atoms with Crippen molar-refractivity contribution in [1.82, 2.24) is 5.06 Å². The van der Waals surface area contributed by atoms with E-state index in [1.807, 2.05) is 0 Å². The Labute approximate surface area is 110 Å². The number of ether oxygens (including phenoxy) is 2. The van der Waals surface area contributed by atoms with E-state index in [1.54, 1.807) is 0 Å².